The molecule has 3 saturated carbocycles. The maximum absolute atomic E-state index is 6.91. The van der Waals surface area contributed by atoms with Crippen molar-refractivity contribution < 1.29 is 4.74 Å². The maximum Gasteiger partial charge on any atom is 0.0812 e. The Morgan fingerprint density at radius 1 is 1.05 bits per heavy atom. The highest BCUT2D eigenvalue weighted by Gasteiger charge is 2.40. The number of hydrogen-bond donors (Lipinski definition) is 1. The minimum absolute atomic E-state index is 0.148. The van der Waals surface area contributed by atoms with Crippen LogP contribution in [0.3, 0.4) is 0 Å². The van der Waals surface area contributed by atoms with Gasteiger partial charge in [-0.1, -0.05) is 46.0 Å². The van der Waals surface area contributed by atoms with Gasteiger partial charge in [0.2, 0.25) is 0 Å². The summed E-state index contributed by atoms with van der Waals surface area (Å²) >= 11 is 0. The van der Waals surface area contributed by atoms with Crippen molar-refractivity contribution in [1.29, 1.82) is 0 Å². The normalized spacial score (nSPS) is 41.1. The van der Waals surface area contributed by atoms with Crippen LogP contribution in [0.2, 0.25) is 0 Å². The molecule has 3 aliphatic rings. The van der Waals surface area contributed by atoms with Crippen molar-refractivity contribution in [3.05, 3.63) is 0 Å². The third-order valence-electron chi connectivity index (χ3n) is 6.11. The van der Waals surface area contributed by atoms with Crippen LogP contribution in [0.25, 0.3) is 0 Å². The minimum atomic E-state index is 0.148. The third-order valence-corrected chi connectivity index (χ3v) is 6.11. The van der Waals surface area contributed by atoms with Crippen molar-refractivity contribution >= 4 is 0 Å². The highest BCUT2D eigenvalue weighted by atomic mass is 16.5. The molecule has 4 atom stereocenters. The summed E-state index contributed by atoms with van der Waals surface area (Å²) in [4.78, 5) is 0. The van der Waals surface area contributed by atoms with Crippen LogP contribution >= 0.6 is 0 Å². The Labute approximate surface area is 131 Å². The molecule has 0 heterocycles. The van der Waals surface area contributed by atoms with Gasteiger partial charge < -0.3 is 10.1 Å². The molecule has 1 N–H and O–H groups in total. The fourth-order valence-corrected chi connectivity index (χ4v) is 4.66. The second-order valence-electron chi connectivity index (χ2n) is 8.15. The Morgan fingerprint density at radius 2 is 1.86 bits per heavy atom. The van der Waals surface area contributed by atoms with Gasteiger partial charge in [-0.05, 0) is 50.4 Å². The lowest BCUT2D eigenvalue weighted by Gasteiger charge is -2.45. The number of nitrogens with one attached hydrogen (secondary N) is 1. The van der Waals surface area contributed by atoms with Crippen LogP contribution in [0, 0.1) is 11.8 Å². The summed E-state index contributed by atoms with van der Waals surface area (Å²) in [5, 5.41) is 3.79. The maximum atomic E-state index is 6.91. The van der Waals surface area contributed by atoms with Crippen LogP contribution in [0.4, 0.5) is 0 Å². The Kier molecular flexibility index (Phi) is 5.27. The van der Waals surface area contributed by atoms with Gasteiger partial charge in [0.15, 0.2) is 0 Å². The summed E-state index contributed by atoms with van der Waals surface area (Å²) < 4.78 is 6.91. The van der Waals surface area contributed by atoms with Crippen molar-refractivity contribution in [3.63, 3.8) is 0 Å². The van der Waals surface area contributed by atoms with E-state index in [1.54, 1.807) is 0 Å². The monoisotopic (exact) mass is 293 g/mol. The van der Waals surface area contributed by atoms with E-state index in [0.29, 0.717) is 6.10 Å². The molecule has 0 amide bonds. The molecule has 21 heavy (non-hydrogen) atoms. The van der Waals surface area contributed by atoms with Crippen LogP contribution in [0.15, 0.2) is 0 Å². The van der Waals surface area contributed by atoms with Crippen LogP contribution in [0.5, 0.6) is 0 Å². The molecule has 3 fully saturated rings. The van der Waals surface area contributed by atoms with Gasteiger partial charge in [-0.25, -0.2) is 0 Å². The lowest BCUT2D eigenvalue weighted by Crippen LogP contribution is -2.50. The molecule has 0 saturated heterocycles. The van der Waals surface area contributed by atoms with Crippen LogP contribution in [0.1, 0.15) is 84.5 Å². The van der Waals surface area contributed by atoms with Gasteiger partial charge in [0, 0.05) is 12.6 Å². The van der Waals surface area contributed by atoms with E-state index in [2.05, 4.69) is 19.2 Å². The molecule has 0 radical (unpaired) electrons. The SMILES string of the molecule is CCC1CCCCC1OC1(CNC2CC2)CCCC(C)C1. The van der Waals surface area contributed by atoms with Crippen molar-refractivity contribution in [1.82, 2.24) is 5.32 Å². The molecule has 3 aliphatic carbocycles. The first kappa shape index (κ1) is 15.8. The van der Waals surface area contributed by atoms with Crippen molar-refractivity contribution in [2.75, 3.05) is 6.54 Å². The Balaban J connectivity index is 1.64. The van der Waals surface area contributed by atoms with Crippen molar-refractivity contribution in [2.45, 2.75) is 102 Å². The predicted molar refractivity (Wildman–Crippen MR) is 88.5 cm³/mol. The highest BCUT2D eigenvalue weighted by molar-refractivity contribution is 4.94. The van der Waals surface area contributed by atoms with Gasteiger partial charge in [0.1, 0.15) is 0 Å². The summed E-state index contributed by atoms with van der Waals surface area (Å²) in [7, 11) is 0. The fraction of sp³-hybridized carbons (Fsp3) is 1.00. The van der Waals surface area contributed by atoms with Gasteiger partial charge in [-0.15, -0.1) is 0 Å². The standard InChI is InChI=1S/C19H35NO/c1-3-16-8-4-5-9-18(16)21-19(14-20-17-10-11-17)12-6-7-15(2)13-19/h15-18,20H,3-14H2,1-2H3. The summed E-state index contributed by atoms with van der Waals surface area (Å²) in [6.45, 7) is 5.88. The molecule has 0 aliphatic heterocycles. The van der Waals surface area contributed by atoms with E-state index < -0.39 is 0 Å². The zero-order valence-corrected chi connectivity index (χ0v) is 14.2. The molecule has 2 heteroatoms. The second kappa shape index (κ2) is 7.00. The summed E-state index contributed by atoms with van der Waals surface area (Å²) in [5.41, 5.74) is 0.148. The number of hydrogen-bond acceptors (Lipinski definition) is 2. The molecule has 0 aromatic carbocycles. The van der Waals surface area contributed by atoms with Crippen molar-refractivity contribution in [2.24, 2.45) is 11.8 Å². The van der Waals surface area contributed by atoms with E-state index in [-0.39, 0.29) is 5.60 Å². The predicted octanol–water partition coefficient (Wildman–Crippen LogP) is 4.67. The summed E-state index contributed by atoms with van der Waals surface area (Å²) in [6, 6.07) is 0.802. The van der Waals surface area contributed by atoms with Gasteiger partial charge in [-0.2, -0.15) is 0 Å². The lowest BCUT2D eigenvalue weighted by molar-refractivity contribution is -0.147. The quantitative estimate of drug-likeness (QED) is 0.768. The van der Waals surface area contributed by atoms with Crippen LogP contribution < -0.4 is 5.32 Å². The molecule has 0 bridgehead atoms. The highest BCUT2D eigenvalue weighted by Crippen LogP contribution is 2.40. The van der Waals surface area contributed by atoms with E-state index in [1.807, 2.05) is 0 Å². The van der Waals surface area contributed by atoms with Crippen molar-refractivity contribution in [3.8, 4) is 0 Å². The van der Waals surface area contributed by atoms with E-state index in [1.165, 1.54) is 70.6 Å². The van der Waals surface area contributed by atoms with Gasteiger partial charge in [0.05, 0.1) is 11.7 Å². The number of rotatable bonds is 6. The third kappa shape index (κ3) is 4.22. The van der Waals surface area contributed by atoms with Gasteiger partial charge >= 0.3 is 0 Å². The summed E-state index contributed by atoms with van der Waals surface area (Å²) in [6.07, 6.45) is 15.4. The van der Waals surface area contributed by atoms with E-state index in [9.17, 15) is 0 Å². The molecule has 2 nitrogen and oxygen atoms in total. The van der Waals surface area contributed by atoms with Gasteiger partial charge in [-0.3, -0.25) is 0 Å². The largest absolute Gasteiger partial charge is 0.370 e. The van der Waals surface area contributed by atoms with E-state index >= 15 is 0 Å². The van der Waals surface area contributed by atoms with E-state index in [0.717, 1.165) is 24.4 Å². The van der Waals surface area contributed by atoms with Crippen LogP contribution in [-0.4, -0.2) is 24.3 Å². The molecule has 4 unspecified atom stereocenters. The molecular weight excluding hydrogens is 258 g/mol. The first-order valence-electron chi connectivity index (χ1n) is 9.62. The Hall–Kier alpha value is -0.0800. The smallest absolute Gasteiger partial charge is 0.0812 e. The zero-order valence-electron chi connectivity index (χ0n) is 14.2. The first-order valence-corrected chi connectivity index (χ1v) is 9.62. The topological polar surface area (TPSA) is 21.3 Å². The Bertz CT molecular complexity index is 328. The molecule has 3 rings (SSSR count). The van der Waals surface area contributed by atoms with Gasteiger partial charge in [0.25, 0.3) is 0 Å². The fourth-order valence-electron chi connectivity index (χ4n) is 4.66. The van der Waals surface area contributed by atoms with Crippen LogP contribution in [-0.2, 0) is 4.74 Å². The Morgan fingerprint density at radius 3 is 2.57 bits per heavy atom. The average molecular weight is 293 g/mol. The van der Waals surface area contributed by atoms with E-state index in [4.69, 9.17) is 4.74 Å². The molecular formula is C19H35NO. The second-order valence-corrected chi connectivity index (χ2v) is 8.15. The summed E-state index contributed by atoms with van der Waals surface area (Å²) in [5.74, 6) is 1.65. The molecule has 0 spiro atoms. The minimum Gasteiger partial charge on any atom is -0.370 e. The molecule has 0 aromatic heterocycles. The lowest BCUT2D eigenvalue weighted by atomic mass is 9.77. The first-order chi connectivity index (χ1) is 10.2. The molecule has 0 aromatic rings. The molecule has 122 valence electrons. The average Bonchev–Trinajstić information content (AvgIpc) is 3.30. The number of ether oxygens (including phenoxy) is 1. The zero-order chi connectivity index (χ0) is 14.7.